The zero-order chi connectivity index (χ0) is 8.43. The van der Waals surface area contributed by atoms with Gasteiger partial charge >= 0.3 is 7.12 Å². The molecule has 6 heteroatoms. The average molecular weight is 156 g/mol. The maximum atomic E-state index is 12.3. The summed E-state index contributed by atoms with van der Waals surface area (Å²) < 4.78 is 12.3. The molecule has 1 aromatic heterocycles. The molecule has 0 aliphatic rings. The highest BCUT2D eigenvalue weighted by Crippen LogP contribution is 1.96. The van der Waals surface area contributed by atoms with Gasteiger partial charge in [-0.15, -0.1) is 0 Å². The minimum atomic E-state index is -1.71. The summed E-state index contributed by atoms with van der Waals surface area (Å²) in [6.45, 7) is 0. The molecule has 0 aromatic carbocycles. The van der Waals surface area contributed by atoms with Crippen molar-refractivity contribution in [3.63, 3.8) is 0 Å². The van der Waals surface area contributed by atoms with Gasteiger partial charge in [0, 0.05) is 5.46 Å². The van der Waals surface area contributed by atoms with E-state index in [4.69, 9.17) is 15.8 Å². The Morgan fingerprint density at radius 3 is 2.55 bits per heavy atom. The van der Waals surface area contributed by atoms with Gasteiger partial charge in [-0.25, -0.2) is 4.98 Å². The number of nitrogens with zero attached hydrogens (tertiary/aromatic N) is 1. The van der Waals surface area contributed by atoms with E-state index in [1.165, 1.54) is 6.07 Å². The lowest BCUT2D eigenvalue weighted by molar-refractivity contribution is 0.425. The van der Waals surface area contributed by atoms with Crippen molar-refractivity contribution >= 4 is 18.4 Å². The Bertz CT molecular complexity index is 269. The summed E-state index contributed by atoms with van der Waals surface area (Å²) in [4.78, 5) is 3.19. The van der Waals surface area contributed by atoms with Gasteiger partial charge in [0.15, 0.2) is 0 Å². The molecular weight excluding hydrogens is 150 g/mol. The monoisotopic (exact) mass is 156 g/mol. The van der Waals surface area contributed by atoms with E-state index in [9.17, 15) is 4.39 Å². The van der Waals surface area contributed by atoms with Crippen molar-refractivity contribution in [2.75, 3.05) is 5.73 Å². The van der Waals surface area contributed by atoms with Crippen LogP contribution in [0.2, 0.25) is 0 Å². The van der Waals surface area contributed by atoms with Crippen molar-refractivity contribution in [2.45, 2.75) is 0 Å². The molecule has 4 N–H and O–H groups in total. The smallest absolute Gasteiger partial charge is 0.423 e. The normalized spacial score (nSPS) is 9.73. The zero-order valence-corrected chi connectivity index (χ0v) is 5.53. The van der Waals surface area contributed by atoms with E-state index in [0.29, 0.717) is 0 Å². The van der Waals surface area contributed by atoms with E-state index in [-0.39, 0.29) is 11.3 Å². The number of rotatable bonds is 1. The number of anilines is 1. The summed E-state index contributed by atoms with van der Waals surface area (Å²) in [6.07, 6.45) is 0. The van der Waals surface area contributed by atoms with Crippen LogP contribution in [0.15, 0.2) is 12.1 Å². The van der Waals surface area contributed by atoms with Crippen molar-refractivity contribution < 1.29 is 14.4 Å². The molecule has 0 aliphatic heterocycles. The third kappa shape index (κ3) is 1.66. The fraction of sp³-hybridized carbons (Fsp3) is 0. The van der Waals surface area contributed by atoms with Crippen LogP contribution in [0.25, 0.3) is 0 Å². The van der Waals surface area contributed by atoms with Crippen LogP contribution in [0.3, 0.4) is 0 Å². The van der Waals surface area contributed by atoms with Gasteiger partial charge in [-0.05, 0) is 6.07 Å². The van der Waals surface area contributed by atoms with Crippen molar-refractivity contribution in [3.05, 3.63) is 18.1 Å². The first-order valence-corrected chi connectivity index (χ1v) is 2.89. The molecule has 58 valence electrons. The molecule has 0 atom stereocenters. The second-order valence-electron chi connectivity index (χ2n) is 1.98. The first kappa shape index (κ1) is 7.97. The molecule has 1 aromatic rings. The standard InChI is InChI=1S/C5H6BFN2O2/c7-4-2-1-3(6(10)11)5(8)9-4/h1-2,10-11H,(H2,8,9). The summed E-state index contributed by atoms with van der Waals surface area (Å²) in [5, 5.41) is 17.2. The largest absolute Gasteiger partial charge is 0.492 e. The average Bonchev–Trinajstić information content (AvgIpc) is 1.85. The third-order valence-corrected chi connectivity index (χ3v) is 1.20. The first-order chi connectivity index (χ1) is 5.11. The molecule has 0 bridgehead atoms. The topological polar surface area (TPSA) is 79.4 Å². The fourth-order valence-electron chi connectivity index (χ4n) is 0.679. The molecule has 0 aliphatic carbocycles. The van der Waals surface area contributed by atoms with Crippen LogP contribution >= 0.6 is 0 Å². The lowest BCUT2D eigenvalue weighted by atomic mass is 9.81. The van der Waals surface area contributed by atoms with Crippen LogP contribution in [0.4, 0.5) is 10.2 Å². The highest BCUT2D eigenvalue weighted by Gasteiger charge is 2.15. The number of aromatic nitrogens is 1. The summed E-state index contributed by atoms with van der Waals surface area (Å²) in [7, 11) is -1.71. The molecule has 0 amide bonds. The molecule has 4 nitrogen and oxygen atoms in total. The Kier molecular flexibility index (Phi) is 2.07. The van der Waals surface area contributed by atoms with Crippen LogP contribution in [0.1, 0.15) is 0 Å². The van der Waals surface area contributed by atoms with Crippen molar-refractivity contribution in [1.82, 2.24) is 4.98 Å². The molecular formula is C5H6BFN2O2. The van der Waals surface area contributed by atoms with Crippen LogP contribution in [-0.4, -0.2) is 22.2 Å². The van der Waals surface area contributed by atoms with Crippen LogP contribution in [-0.2, 0) is 0 Å². The molecule has 1 heterocycles. The SMILES string of the molecule is Nc1nc(F)ccc1B(O)O. The first-order valence-electron chi connectivity index (χ1n) is 2.89. The Hall–Kier alpha value is -1.14. The van der Waals surface area contributed by atoms with Crippen LogP contribution in [0, 0.1) is 5.95 Å². The van der Waals surface area contributed by atoms with Gasteiger partial charge in [0.05, 0.1) is 0 Å². The molecule has 0 fully saturated rings. The van der Waals surface area contributed by atoms with Crippen LogP contribution < -0.4 is 11.2 Å². The second kappa shape index (κ2) is 2.85. The summed E-state index contributed by atoms with van der Waals surface area (Å²) in [5.41, 5.74) is 5.16. The van der Waals surface area contributed by atoms with E-state index in [1.54, 1.807) is 0 Å². The lowest BCUT2D eigenvalue weighted by Crippen LogP contribution is -2.33. The Morgan fingerprint density at radius 2 is 2.09 bits per heavy atom. The Balaban J connectivity index is 3.09. The minimum Gasteiger partial charge on any atom is -0.423 e. The molecule has 0 saturated heterocycles. The van der Waals surface area contributed by atoms with Crippen molar-refractivity contribution in [3.8, 4) is 0 Å². The van der Waals surface area contributed by atoms with E-state index in [2.05, 4.69) is 4.98 Å². The number of halogens is 1. The minimum absolute atomic E-state index is 0.00593. The van der Waals surface area contributed by atoms with E-state index >= 15 is 0 Å². The molecule has 0 saturated carbocycles. The molecule has 0 spiro atoms. The number of hydrogen-bond acceptors (Lipinski definition) is 4. The number of hydrogen-bond donors (Lipinski definition) is 3. The van der Waals surface area contributed by atoms with E-state index in [0.717, 1.165) is 6.07 Å². The third-order valence-electron chi connectivity index (χ3n) is 1.20. The highest BCUT2D eigenvalue weighted by molar-refractivity contribution is 6.60. The number of pyridine rings is 1. The summed E-state index contributed by atoms with van der Waals surface area (Å²) in [6, 6.07) is 2.17. The van der Waals surface area contributed by atoms with Crippen molar-refractivity contribution in [1.29, 1.82) is 0 Å². The van der Waals surface area contributed by atoms with E-state index in [1.807, 2.05) is 0 Å². The van der Waals surface area contributed by atoms with Gasteiger partial charge in [0.1, 0.15) is 5.82 Å². The predicted molar refractivity (Wildman–Crippen MR) is 38.4 cm³/mol. The molecule has 0 unspecified atom stereocenters. The Morgan fingerprint density at radius 1 is 1.45 bits per heavy atom. The second-order valence-corrected chi connectivity index (χ2v) is 1.98. The number of nitrogens with two attached hydrogens (primary N) is 1. The molecule has 11 heavy (non-hydrogen) atoms. The summed E-state index contributed by atoms with van der Waals surface area (Å²) in [5.74, 6) is -0.952. The van der Waals surface area contributed by atoms with Gasteiger partial charge in [-0.1, -0.05) is 6.07 Å². The highest BCUT2D eigenvalue weighted by atomic mass is 19.1. The quantitative estimate of drug-likeness (QED) is 0.340. The molecule has 0 radical (unpaired) electrons. The van der Waals surface area contributed by atoms with Gasteiger partial charge in [0.2, 0.25) is 5.95 Å². The van der Waals surface area contributed by atoms with E-state index < -0.39 is 13.1 Å². The van der Waals surface area contributed by atoms with Gasteiger partial charge in [0.25, 0.3) is 0 Å². The predicted octanol–water partition coefficient (Wildman–Crippen LogP) is -1.52. The van der Waals surface area contributed by atoms with Crippen LogP contribution in [0.5, 0.6) is 0 Å². The zero-order valence-electron chi connectivity index (χ0n) is 5.53. The Labute approximate surface area is 62.6 Å². The van der Waals surface area contributed by atoms with Crippen molar-refractivity contribution in [2.24, 2.45) is 0 Å². The fourth-order valence-corrected chi connectivity index (χ4v) is 0.679. The van der Waals surface area contributed by atoms with Gasteiger partial charge in [-0.2, -0.15) is 4.39 Å². The maximum absolute atomic E-state index is 12.3. The van der Waals surface area contributed by atoms with Gasteiger partial charge < -0.3 is 15.8 Å². The number of nitrogen functional groups attached to an aromatic ring is 1. The summed E-state index contributed by atoms with van der Waals surface area (Å²) >= 11 is 0. The molecule has 1 rings (SSSR count). The van der Waals surface area contributed by atoms with Gasteiger partial charge in [-0.3, -0.25) is 0 Å². The maximum Gasteiger partial charge on any atom is 0.492 e. The lowest BCUT2D eigenvalue weighted by Gasteiger charge is -2.01.